The Balaban J connectivity index is 1.85. The average molecular weight is 319 g/mol. The molecule has 0 saturated heterocycles. The monoisotopic (exact) mass is 319 g/mol. The van der Waals surface area contributed by atoms with Crippen LogP contribution in [0.4, 0.5) is 5.95 Å². The van der Waals surface area contributed by atoms with E-state index in [9.17, 15) is 0 Å². The minimum absolute atomic E-state index is 0.127. The predicted octanol–water partition coefficient (Wildman–Crippen LogP) is 3.62. The zero-order chi connectivity index (χ0) is 16.9. The number of hydrogen-bond donors (Lipinski definition) is 2. The number of aliphatic imine (C=N–C) groups is 1. The number of guanidine groups is 1. The zero-order valence-electron chi connectivity index (χ0n) is 14.1. The second-order valence-corrected chi connectivity index (χ2v) is 7.18. The highest BCUT2D eigenvalue weighted by molar-refractivity contribution is 5.94. The fourth-order valence-corrected chi connectivity index (χ4v) is 3.10. The van der Waals surface area contributed by atoms with E-state index in [1.54, 1.807) is 0 Å². The van der Waals surface area contributed by atoms with E-state index in [0.29, 0.717) is 5.96 Å². The maximum Gasteiger partial charge on any atom is 0.212 e. The first-order valence-corrected chi connectivity index (χ1v) is 8.11. The number of nitrogens with one attached hydrogen (secondary N) is 1. The molecular weight excluding hydrogens is 298 g/mol. The molecule has 1 aliphatic heterocycles. The molecule has 0 amide bonds. The number of benzene rings is 2. The highest BCUT2D eigenvalue weighted by Crippen LogP contribution is 2.33. The maximum absolute atomic E-state index is 5.98. The molecule has 24 heavy (non-hydrogen) atoms. The van der Waals surface area contributed by atoms with Crippen molar-refractivity contribution in [3.63, 3.8) is 0 Å². The van der Waals surface area contributed by atoms with Crippen molar-refractivity contribution in [2.75, 3.05) is 5.32 Å². The Labute approximate surface area is 141 Å². The number of nitrogens with zero attached hydrogens (tertiary/aromatic N) is 3. The lowest BCUT2D eigenvalue weighted by Gasteiger charge is -2.25. The van der Waals surface area contributed by atoms with Crippen molar-refractivity contribution < 1.29 is 0 Å². The van der Waals surface area contributed by atoms with Gasteiger partial charge in [0.15, 0.2) is 12.1 Å². The molecule has 5 heteroatoms. The zero-order valence-corrected chi connectivity index (χ0v) is 14.1. The largest absolute Gasteiger partial charge is 0.370 e. The Bertz CT molecular complexity index is 929. The third-order valence-electron chi connectivity index (χ3n) is 4.42. The lowest BCUT2D eigenvalue weighted by molar-refractivity contribution is 0.587. The lowest BCUT2D eigenvalue weighted by atomic mass is 9.86. The van der Waals surface area contributed by atoms with Gasteiger partial charge in [0, 0.05) is 0 Å². The molecule has 1 unspecified atom stereocenters. The summed E-state index contributed by atoms with van der Waals surface area (Å²) in [6.45, 7) is 6.64. The molecule has 0 aliphatic carbocycles. The molecular formula is C19H21N5. The van der Waals surface area contributed by atoms with Crippen molar-refractivity contribution in [1.82, 2.24) is 9.55 Å². The number of rotatable bonds is 1. The van der Waals surface area contributed by atoms with E-state index in [0.717, 1.165) is 22.5 Å². The number of nitrogens with two attached hydrogens (primary N) is 1. The summed E-state index contributed by atoms with van der Waals surface area (Å²) in [7, 11) is 0. The van der Waals surface area contributed by atoms with Crippen LogP contribution in [0, 0.1) is 0 Å². The normalized spacial score (nSPS) is 17.3. The quantitative estimate of drug-likeness (QED) is 0.720. The van der Waals surface area contributed by atoms with Gasteiger partial charge >= 0.3 is 0 Å². The van der Waals surface area contributed by atoms with Crippen LogP contribution < -0.4 is 11.1 Å². The van der Waals surface area contributed by atoms with Crippen LogP contribution in [-0.4, -0.2) is 15.5 Å². The van der Waals surface area contributed by atoms with Crippen molar-refractivity contribution in [2.45, 2.75) is 32.4 Å². The van der Waals surface area contributed by atoms with Crippen molar-refractivity contribution in [1.29, 1.82) is 0 Å². The minimum atomic E-state index is -0.206. The van der Waals surface area contributed by atoms with Crippen LogP contribution in [0.2, 0.25) is 0 Å². The summed E-state index contributed by atoms with van der Waals surface area (Å²) in [6, 6.07) is 16.7. The molecule has 0 spiro atoms. The van der Waals surface area contributed by atoms with Gasteiger partial charge in [-0.3, -0.25) is 9.88 Å². The second kappa shape index (κ2) is 5.09. The summed E-state index contributed by atoms with van der Waals surface area (Å²) in [4.78, 5) is 9.24. The van der Waals surface area contributed by atoms with E-state index in [-0.39, 0.29) is 11.6 Å². The molecule has 1 aromatic heterocycles. The number of para-hydroxylation sites is 2. The van der Waals surface area contributed by atoms with Gasteiger partial charge in [-0.15, -0.1) is 0 Å². The molecule has 2 aromatic carbocycles. The van der Waals surface area contributed by atoms with E-state index in [1.165, 1.54) is 5.56 Å². The van der Waals surface area contributed by atoms with Crippen LogP contribution >= 0.6 is 0 Å². The van der Waals surface area contributed by atoms with Gasteiger partial charge < -0.3 is 5.73 Å². The Morgan fingerprint density at radius 1 is 1.04 bits per heavy atom. The standard InChI is InChI=1S/C19H21N5/c1-19(2,3)13-10-8-12(9-11-13)16-22-17(20)23-18-21-14-6-4-5-7-15(14)24(16)18/h4-11,16H,1-3H3,(H3,20,21,22,23). The second-order valence-electron chi connectivity index (χ2n) is 7.18. The smallest absolute Gasteiger partial charge is 0.212 e. The molecule has 0 fully saturated rings. The fourth-order valence-electron chi connectivity index (χ4n) is 3.10. The van der Waals surface area contributed by atoms with Crippen LogP contribution in [0.15, 0.2) is 53.5 Å². The molecule has 2 heterocycles. The summed E-state index contributed by atoms with van der Waals surface area (Å²) < 4.78 is 2.10. The third kappa shape index (κ3) is 2.33. The van der Waals surface area contributed by atoms with Gasteiger partial charge in [-0.25, -0.2) is 9.98 Å². The molecule has 0 radical (unpaired) electrons. The van der Waals surface area contributed by atoms with Crippen molar-refractivity contribution in [3.05, 3.63) is 59.7 Å². The topological polar surface area (TPSA) is 68.2 Å². The minimum Gasteiger partial charge on any atom is -0.370 e. The Morgan fingerprint density at radius 3 is 2.46 bits per heavy atom. The molecule has 1 aliphatic rings. The fraction of sp³-hybridized carbons (Fsp3) is 0.263. The van der Waals surface area contributed by atoms with E-state index in [1.807, 2.05) is 18.2 Å². The molecule has 5 nitrogen and oxygen atoms in total. The van der Waals surface area contributed by atoms with Crippen molar-refractivity contribution >= 4 is 22.9 Å². The summed E-state index contributed by atoms with van der Waals surface area (Å²) in [5, 5.41) is 3.06. The van der Waals surface area contributed by atoms with Gasteiger partial charge in [0.1, 0.15) is 0 Å². The molecule has 0 saturated carbocycles. The molecule has 3 N–H and O–H groups in total. The van der Waals surface area contributed by atoms with E-state index < -0.39 is 0 Å². The number of anilines is 1. The highest BCUT2D eigenvalue weighted by Gasteiger charge is 2.25. The average Bonchev–Trinajstić information content (AvgIpc) is 2.91. The molecule has 122 valence electrons. The number of aromatic nitrogens is 2. The van der Waals surface area contributed by atoms with Crippen LogP contribution in [0.5, 0.6) is 0 Å². The van der Waals surface area contributed by atoms with Gasteiger partial charge in [-0.05, 0) is 28.7 Å². The van der Waals surface area contributed by atoms with E-state index in [4.69, 9.17) is 5.73 Å². The van der Waals surface area contributed by atoms with Gasteiger partial charge in [-0.2, -0.15) is 0 Å². The van der Waals surface area contributed by atoms with Crippen LogP contribution in [-0.2, 0) is 5.41 Å². The van der Waals surface area contributed by atoms with Crippen LogP contribution in [0.3, 0.4) is 0 Å². The van der Waals surface area contributed by atoms with Gasteiger partial charge in [-0.1, -0.05) is 57.2 Å². The Morgan fingerprint density at radius 2 is 1.75 bits per heavy atom. The summed E-state index contributed by atoms with van der Waals surface area (Å²) in [5.74, 6) is 1.12. The molecule has 4 rings (SSSR count). The Hall–Kier alpha value is -2.82. The maximum atomic E-state index is 5.98. The highest BCUT2D eigenvalue weighted by atomic mass is 15.4. The first-order valence-electron chi connectivity index (χ1n) is 8.11. The summed E-state index contributed by atoms with van der Waals surface area (Å²) in [5.41, 5.74) is 10.5. The molecule has 3 aromatic rings. The Kier molecular flexibility index (Phi) is 3.13. The number of hydrogen-bond acceptors (Lipinski definition) is 4. The third-order valence-corrected chi connectivity index (χ3v) is 4.42. The summed E-state index contributed by atoms with van der Waals surface area (Å²) in [6.07, 6.45) is -0.206. The van der Waals surface area contributed by atoms with Crippen molar-refractivity contribution in [2.24, 2.45) is 10.7 Å². The van der Waals surface area contributed by atoms with E-state index in [2.05, 4.69) is 71.0 Å². The summed E-state index contributed by atoms with van der Waals surface area (Å²) >= 11 is 0. The van der Waals surface area contributed by atoms with Crippen molar-refractivity contribution in [3.8, 4) is 0 Å². The van der Waals surface area contributed by atoms with Crippen LogP contribution in [0.1, 0.15) is 38.1 Å². The van der Waals surface area contributed by atoms with Gasteiger partial charge in [0.25, 0.3) is 0 Å². The predicted molar refractivity (Wildman–Crippen MR) is 98.3 cm³/mol. The van der Waals surface area contributed by atoms with Gasteiger partial charge in [0.05, 0.1) is 11.0 Å². The first-order chi connectivity index (χ1) is 11.4. The molecule has 1 atom stereocenters. The lowest BCUT2D eigenvalue weighted by Crippen LogP contribution is -2.31. The SMILES string of the molecule is CC(C)(C)c1ccc(C2N=C(N)Nc3nc4ccccc4n32)cc1. The molecule has 0 bridgehead atoms. The number of imidazole rings is 1. The van der Waals surface area contributed by atoms with Gasteiger partial charge in [0.2, 0.25) is 5.95 Å². The van der Waals surface area contributed by atoms with Crippen LogP contribution in [0.25, 0.3) is 11.0 Å². The first kappa shape index (κ1) is 14.8. The van der Waals surface area contributed by atoms with E-state index >= 15 is 0 Å². The number of fused-ring (bicyclic) bond motifs is 3.